The molecule has 0 heterocycles. The van der Waals surface area contributed by atoms with Gasteiger partial charge < -0.3 is 15.2 Å². The largest absolute Gasteiger partial charge is 0.497 e. The van der Waals surface area contributed by atoms with Gasteiger partial charge in [0, 0.05) is 16.1 Å². The lowest BCUT2D eigenvalue weighted by Crippen LogP contribution is -2.07. The van der Waals surface area contributed by atoms with Gasteiger partial charge in [0.05, 0.1) is 14.2 Å². The Morgan fingerprint density at radius 2 is 1.94 bits per heavy atom. The highest BCUT2D eigenvalue weighted by molar-refractivity contribution is 9.10. The number of halogens is 1. The second-order valence-corrected chi connectivity index (χ2v) is 5.37. The third kappa shape index (κ3) is 4.18. The summed E-state index contributed by atoms with van der Waals surface area (Å²) in [5.41, 5.74) is 6.77. The van der Waals surface area contributed by atoms with Crippen molar-refractivity contribution in [3.63, 3.8) is 0 Å². The molecule has 2 N–H and O–H groups in total. The minimum absolute atomic E-state index is 0.633. The molecule has 1 aromatic carbocycles. The molecule has 0 amide bonds. The zero-order chi connectivity index (χ0) is 13.5. The van der Waals surface area contributed by atoms with Gasteiger partial charge in [-0.25, -0.2) is 0 Å². The van der Waals surface area contributed by atoms with Gasteiger partial charge in [-0.05, 0) is 37.8 Å². The molecule has 0 saturated heterocycles. The number of methoxy groups -OCH3 is 2. The molecule has 1 unspecified atom stereocenters. The summed E-state index contributed by atoms with van der Waals surface area (Å²) >= 11 is 3.58. The Balaban J connectivity index is 2.81. The summed E-state index contributed by atoms with van der Waals surface area (Å²) in [5, 5.41) is 0. The van der Waals surface area contributed by atoms with Crippen LogP contribution in [0.5, 0.6) is 11.5 Å². The lowest BCUT2D eigenvalue weighted by molar-refractivity contribution is 0.388. The van der Waals surface area contributed by atoms with Gasteiger partial charge in [-0.1, -0.05) is 22.9 Å². The minimum Gasteiger partial charge on any atom is -0.497 e. The van der Waals surface area contributed by atoms with Crippen LogP contribution in [0.2, 0.25) is 0 Å². The average molecular weight is 316 g/mol. The van der Waals surface area contributed by atoms with E-state index in [1.54, 1.807) is 14.2 Å². The zero-order valence-electron chi connectivity index (χ0n) is 11.3. The Bertz CT molecular complexity index is 382. The summed E-state index contributed by atoms with van der Waals surface area (Å²) in [6, 6.07) is 3.90. The van der Waals surface area contributed by atoms with Crippen LogP contribution in [0.1, 0.15) is 25.3 Å². The van der Waals surface area contributed by atoms with Crippen LogP contribution in [0.3, 0.4) is 0 Å². The fourth-order valence-corrected chi connectivity index (χ4v) is 2.57. The van der Waals surface area contributed by atoms with Gasteiger partial charge in [0.25, 0.3) is 0 Å². The third-order valence-electron chi connectivity index (χ3n) is 3.13. The quantitative estimate of drug-likeness (QED) is 0.839. The van der Waals surface area contributed by atoms with Gasteiger partial charge in [-0.2, -0.15) is 0 Å². The van der Waals surface area contributed by atoms with E-state index in [0.717, 1.165) is 41.8 Å². The van der Waals surface area contributed by atoms with Crippen molar-refractivity contribution < 1.29 is 9.47 Å². The monoisotopic (exact) mass is 315 g/mol. The van der Waals surface area contributed by atoms with Gasteiger partial charge in [0.15, 0.2) is 0 Å². The molecule has 0 aliphatic rings. The molecule has 1 aromatic rings. The first-order chi connectivity index (χ1) is 8.62. The molecular weight excluding hydrogens is 294 g/mol. The van der Waals surface area contributed by atoms with Gasteiger partial charge in [0.1, 0.15) is 11.5 Å². The molecule has 0 radical (unpaired) electrons. The normalized spacial score (nSPS) is 12.3. The van der Waals surface area contributed by atoms with E-state index in [4.69, 9.17) is 15.2 Å². The van der Waals surface area contributed by atoms with Crippen LogP contribution in [0.4, 0.5) is 0 Å². The zero-order valence-corrected chi connectivity index (χ0v) is 12.9. The summed E-state index contributed by atoms with van der Waals surface area (Å²) in [6.45, 7) is 2.98. The van der Waals surface area contributed by atoms with E-state index in [1.165, 1.54) is 5.56 Å². The molecule has 4 heteroatoms. The second-order valence-electron chi connectivity index (χ2n) is 4.51. The Hall–Kier alpha value is -0.740. The van der Waals surface area contributed by atoms with E-state index in [-0.39, 0.29) is 0 Å². The number of nitrogens with two attached hydrogens (primary N) is 1. The second kappa shape index (κ2) is 7.64. The molecule has 0 spiro atoms. The van der Waals surface area contributed by atoms with Crippen molar-refractivity contribution in [1.82, 2.24) is 0 Å². The van der Waals surface area contributed by atoms with Crippen molar-refractivity contribution in [3.05, 3.63) is 22.2 Å². The van der Waals surface area contributed by atoms with Crippen molar-refractivity contribution in [3.8, 4) is 11.5 Å². The Labute approximate surface area is 118 Å². The highest BCUT2D eigenvalue weighted by Gasteiger charge is 2.12. The molecule has 3 nitrogen and oxygen atoms in total. The first-order valence-corrected chi connectivity index (χ1v) is 7.02. The molecule has 0 bridgehead atoms. The topological polar surface area (TPSA) is 44.5 Å². The molecule has 0 fully saturated rings. The molecule has 0 saturated carbocycles. The average Bonchev–Trinajstić information content (AvgIpc) is 2.36. The van der Waals surface area contributed by atoms with Gasteiger partial charge in [-0.15, -0.1) is 0 Å². The van der Waals surface area contributed by atoms with Crippen molar-refractivity contribution in [1.29, 1.82) is 0 Å². The number of hydrogen-bond acceptors (Lipinski definition) is 3. The van der Waals surface area contributed by atoms with Crippen LogP contribution in [0, 0.1) is 5.92 Å². The molecule has 18 heavy (non-hydrogen) atoms. The molecule has 0 aliphatic carbocycles. The van der Waals surface area contributed by atoms with Crippen LogP contribution in [-0.4, -0.2) is 20.8 Å². The SMILES string of the molecule is COc1cc(Br)c(CCC(C)CCN)c(OC)c1. The molecule has 0 aliphatic heterocycles. The van der Waals surface area contributed by atoms with Gasteiger partial charge in [0.2, 0.25) is 0 Å². The van der Waals surface area contributed by atoms with Crippen LogP contribution in [0.15, 0.2) is 16.6 Å². The van der Waals surface area contributed by atoms with Crippen molar-refractivity contribution in [2.75, 3.05) is 20.8 Å². The molecule has 102 valence electrons. The van der Waals surface area contributed by atoms with E-state index in [2.05, 4.69) is 22.9 Å². The van der Waals surface area contributed by atoms with Crippen LogP contribution >= 0.6 is 15.9 Å². The molecule has 1 rings (SSSR count). The third-order valence-corrected chi connectivity index (χ3v) is 3.84. The highest BCUT2D eigenvalue weighted by atomic mass is 79.9. The fraction of sp³-hybridized carbons (Fsp3) is 0.571. The molecule has 0 aromatic heterocycles. The summed E-state index contributed by atoms with van der Waals surface area (Å²) in [5.74, 6) is 2.31. The first kappa shape index (κ1) is 15.3. The van der Waals surface area contributed by atoms with Crippen LogP contribution < -0.4 is 15.2 Å². The van der Waals surface area contributed by atoms with Crippen molar-refractivity contribution in [2.45, 2.75) is 26.2 Å². The predicted octanol–water partition coefficient (Wildman–Crippen LogP) is 3.38. The van der Waals surface area contributed by atoms with Crippen molar-refractivity contribution >= 4 is 15.9 Å². The first-order valence-electron chi connectivity index (χ1n) is 6.22. The van der Waals surface area contributed by atoms with E-state index in [1.807, 2.05) is 12.1 Å². The maximum atomic E-state index is 5.57. The molecule has 1 atom stereocenters. The number of rotatable bonds is 7. The van der Waals surface area contributed by atoms with Gasteiger partial charge >= 0.3 is 0 Å². The summed E-state index contributed by atoms with van der Waals surface area (Å²) < 4.78 is 11.7. The van der Waals surface area contributed by atoms with Crippen molar-refractivity contribution in [2.24, 2.45) is 11.7 Å². The highest BCUT2D eigenvalue weighted by Crippen LogP contribution is 2.33. The lowest BCUT2D eigenvalue weighted by Gasteiger charge is -2.15. The predicted molar refractivity (Wildman–Crippen MR) is 78.4 cm³/mol. The Morgan fingerprint density at radius 3 is 2.50 bits per heavy atom. The lowest BCUT2D eigenvalue weighted by atomic mass is 9.98. The van der Waals surface area contributed by atoms with E-state index in [0.29, 0.717) is 5.92 Å². The summed E-state index contributed by atoms with van der Waals surface area (Å²) in [4.78, 5) is 0. The van der Waals surface area contributed by atoms with Crippen LogP contribution in [0.25, 0.3) is 0 Å². The maximum absolute atomic E-state index is 5.57. The van der Waals surface area contributed by atoms with E-state index in [9.17, 15) is 0 Å². The fourth-order valence-electron chi connectivity index (χ4n) is 1.95. The minimum atomic E-state index is 0.633. The maximum Gasteiger partial charge on any atom is 0.126 e. The summed E-state index contributed by atoms with van der Waals surface area (Å²) in [7, 11) is 3.35. The standard InChI is InChI=1S/C14H22BrNO2/c1-10(6-7-16)4-5-12-13(15)8-11(17-2)9-14(12)18-3/h8-10H,4-7,16H2,1-3H3. The number of benzene rings is 1. The van der Waals surface area contributed by atoms with Crippen LogP contribution in [-0.2, 0) is 6.42 Å². The Morgan fingerprint density at radius 1 is 1.22 bits per heavy atom. The smallest absolute Gasteiger partial charge is 0.126 e. The number of hydrogen-bond donors (Lipinski definition) is 1. The van der Waals surface area contributed by atoms with E-state index < -0.39 is 0 Å². The number of ether oxygens (including phenoxy) is 2. The molecular formula is C14H22BrNO2. The Kier molecular flexibility index (Phi) is 6.50. The summed E-state index contributed by atoms with van der Waals surface area (Å²) in [6.07, 6.45) is 3.16. The van der Waals surface area contributed by atoms with Gasteiger partial charge in [-0.3, -0.25) is 0 Å². The van der Waals surface area contributed by atoms with E-state index >= 15 is 0 Å².